The number of aromatic nitrogens is 3. The van der Waals surface area contributed by atoms with E-state index in [9.17, 15) is 9.59 Å². The summed E-state index contributed by atoms with van der Waals surface area (Å²) in [5, 5.41) is 10.4. The number of hydrogen-bond donors (Lipinski definition) is 2. The first-order valence-corrected chi connectivity index (χ1v) is 11.7. The van der Waals surface area contributed by atoms with Gasteiger partial charge in [-0.2, -0.15) is 5.10 Å². The Morgan fingerprint density at radius 3 is 2.91 bits per heavy atom. The van der Waals surface area contributed by atoms with Crippen molar-refractivity contribution in [1.82, 2.24) is 25.4 Å². The van der Waals surface area contributed by atoms with E-state index in [2.05, 4.69) is 20.5 Å². The van der Waals surface area contributed by atoms with Gasteiger partial charge in [0.2, 0.25) is 0 Å². The van der Waals surface area contributed by atoms with Crippen LogP contribution in [0.15, 0.2) is 22.7 Å². The predicted molar refractivity (Wildman–Crippen MR) is 123 cm³/mol. The number of fused-ring (bicyclic) bond motifs is 2. The molecule has 2 N–H and O–H groups in total. The highest BCUT2D eigenvalue weighted by Crippen LogP contribution is 2.27. The number of amides is 2. The van der Waals surface area contributed by atoms with Gasteiger partial charge in [-0.05, 0) is 67.9 Å². The second kappa shape index (κ2) is 9.42. The molecule has 3 aromatic rings. The number of hydrogen-bond acceptors (Lipinski definition) is 6. The lowest BCUT2D eigenvalue weighted by molar-refractivity contribution is 0.0727. The first kappa shape index (κ1) is 22.3. The van der Waals surface area contributed by atoms with Gasteiger partial charge in [0.15, 0.2) is 11.5 Å². The molecule has 0 atom stereocenters. The molecular formula is C25H29N5O4. The molecule has 9 heteroatoms. The molecule has 2 amide bonds. The predicted octanol–water partition coefficient (Wildman–Crippen LogP) is 2.86. The van der Waals surface area contributed by atoms with Crippen molar-refractivity contribution in [3.8, 4) is 0 Å². The van der Waals surface area contributed by atoms with E-state index in [0.29, 0.717) is 44.1 Å². The smallest absolute Gasteiger partial charge is 0.287 e. The van der Waals surface area contributed by atoms with E-state index >= 15 is 0 Å². The Labute approximate surface area is 197 Å². The lowest BCUT2D eigenvalue weighted by Crippen LogP contribution is -2.37. The van der Waals surface area contributed by atoms with Gasteiger partial charge >= 0.3 is 0 Å². The van der Waals surface area contributed by atoms with Crippen LogP contribution in [0.2, 0.25) is 0 Å². The standard InChI is InChI=1S/C25H29N5O4/c1-15-20(12-27-24(31)22-8-7-17(34-22)14-33-2)18-9-10-30(13-16(18)11-26-15)25(32)23-19-5-3-4-6-21(19)28-29-23/h7-8,11H,3-6,9-10,12-14H2,1-2H3,(H,27,31)(H,28,29). The molecule has 0 aromatic carbocycles. The quantitative estimate of drug-likeness (QED) is 0.581. The van der Waals surface area contributed by atoms with E-state index in [-0.39, 0.29) is 17.6 Å². The van der Waals surface area contributed by atoms with Crippen LogP contribution in [0.25, 0.3) is 0 Å². The molecule has 0 unspecified atom stereocenters. The van der Waals surface area contributed by atoms with Crippen molar-refractivity contribution >= 4 is 11.8 Å². The molecule has 0 fully saturated rings. The van der Waals surface area contributed by atoms with Crippen LogP contribution in [-0.4, -0.2) is 45.6 Å². The third-order valence-corrected chi connectivity index (χ3v) is 6.74. The van der Waals surface area contributed by atoms with Crippen molar-refractivity contribution in [1.29, 1.82) is 0 Å². The molecule has 0 radical (unpaired) electrons. The van der Waals surface area contributed by atoms with Gasteiger partial charge in [-0.3, -0.25) is 19.7 Å². The summed E-state index contributed by atoms with van der Waals surface area (Å²) in [5.41, 5.74) is 6.79. The highest BCUT2D eigenvalue weighted by atomic mass is 16.5. The molecule has 0 bridgehead atoms. The van der Waals surface area contributed by atoms with E-state index in [1.54, 1.807) is 19.2 Å². The normalized spacial score (nSPS) is 15.1. The minimum absolute atomic E-state index is 0.0230. The Kier molecular flexibility index (Phi) is 6.19. The molecule has 5 rings (SSSR count). The molecule has 0 saturated heterocycles. The minimum atomic E-state index is -0.282. The highest BCUT2D eigenvalue weighted by molar-refractivity contribution is 5.94. The van der Waals surface area contributed by atoms with Crippen molar-refractivity contribution in [3.05, 3.63) is 69.2 Å². The summed E-state index contributed by atoms with van der Waals surface area (Å²) in [6, 6.07) is 3.38. The van der Waals surface area contributed by atoms with Gasteiger partial charge in [-0.1, -0.05) is 0 Å². The first-order valence-electron chi connectivity index (χ1n) is 11.7. The van der Waals surface area contributed by atoms with Crippen molar-refractivity contribution in [2.45, 2.75) is 58.7 Å². The Hall–Kier alpha value is -3.46. The first-order chi connectivity index (χ1) is 16.5. The largest absolute Gasteiger partial charge is 0.453 e. The number of nitrogens with one attached hydrogen (secondary N) is 2. The Morgan fingerprint density at radius 2 is 2.06 bits per heavy atom. The van der Waals surface area contributed by atoms with Gasteiger partial charge in [0.1, 0.15) is 12.4 Å². The summed E-state index contributed by atoms with van der Waals surface area (Å²) in [5.74, 6) is 0.549. The zero-order chi connectivity index (χ0) is 23.7. The summed E-state index contributed by atoms with van der Waals surface area (Å²) < 4.78 is 10.6. The summed E-state index contributed by atoms with van der Waals surface area (Å²) in [6.07, 6.45) is 6.66. The number of aryl methyl sites for hydroxylation is 2. The van der Waals surface area contributed by atoms with Crippen LogP contribution in [0, 0.1) is 6.92 Å². The molecule has 178 valence electrons. The van der Waals surface area contributed by atoms with Gasteiger partial charge in [0.25, 0.3) is 11.8 Å². The van der Waals surface area contributed by atoms with Crippen molar-refractivity contribution in [3.63, 3.8) is 0 Å². The Balaban J connectivity index is 1.29. The summed E-state index contributed by atoms with van der Waals surface area (Å²) in [6.45, 7) is 3.71. The molecule has 34 heavy (non-hydrogen) atoms. The fourth-order valence-electron chi connectivity index (χ4n) is 4.91. The van der Waals surface area contributed by atoms with E-state index in [0.717, 1.165) is 59.3 Å². The topological polar surface area (TPSA) is 113 Å². The van der Waals surface area contributed by atoms with E-state index in [4.69, 9.17) is 9.15 Å². The fraction of sp³-hybridized carbons (Fsp3) is 0.440. The second-order valence-electron chi connectivity index (χ2n) is 8.92. The fourth-order valence-corrected chi connectivity index (χ4v) is 4.91. The molecule has 9 nitrogen and oxygen atoms in total. The number of methoxy groups -OCH3 is 1. The van der Waals surface area contributed by atoms with E-state index in [1.807, 2.05) is 18.0 Å². The number of pyridine rings is 1. The monoisotopic (exact) mass is 463 g/mol. The SMILES string of the molecule is COCc1ccc(C(=O)NCc2c(C)ncc3c2CCN(C(=O)c2n[nH]c4c2CCCC4)C3)o1. The molecule has 3 aromatic heterocycles. The van der Waals surface area contributed by atoms with Crippen LogP contribution in [-0.2, 0) is 43.7 Å². The van der Waals surface area contributed by atoms with Crippen LogP contribution in [0.4, 0.5) is 0 Å². The Bertz CT molecular complexity index is 1230. The van der Waals surface area contributed by atoms with Crippen LogP contribution < -0.4 is 5.32 Å². The van der Waals surface area contributed by atoms with Crippen molar-refractivity contribution in [2.75, 3.05) is 13.7 Å². The molecule has 0 spiro atoms. The van der Waals surface area contributed by atoms with Gasteiger partial charge in [0, 0.05) is 49.9 Å². The van der Waals surface area contributed by atoms with Crippen LogP contribution >= 0.6 is 0 Å². The molecule has 4 heterocycles. The maximum Gasteiger partial charge on any atom is 0.287 e. The number of carbonyl (C=O) groups excluding carboxylic acids is 2. The lowest BCUT2D eigenvalue weighted by atomic mass is 9.93. The number of furan rings is 1. The number of aromatic amines is 1. The highest BCUT2D eigenvalue weighted by Gasteiger charge is 2.29. The summed E-state index contributed by atoms with van der Waals surface area (Å²) >= 11 is 0. The van der Waals surface area contributed by atoms with Crippen molar-refractivity contribution < 1.29 is 18.7 Å². The number of carbonyl (C=O) groups is 2. The van der Waals surface area contributed by atoms with Gasteiger partial charge < -0.3 is 19.4 Å². The lowest BCUT2D eigenvalue weighted by Gasteiger charge is -2.30. The number of H-pyrrole nitrogens is 1. The third kappa shape index (κ3) is 4.23. The number of ether oxygens (including phenoxy) is 1. The molecule has 1 aliphatic carbocycles. The number of nitrogens with zero attached hydrogens (tertiary/aromatic N) is 3. The third-order valence-electron chi connectivity index (χ3n) is 6.74. The maximum absolute atomic E-state index is 13.3. The summed E-state index contributed by atoms with van der Waals surface area (Å²) in [7, 11) is 1.58. The molecular weight excluding hydrogens is 434 g/mol. The maximum atomic E-state index is 13.3. The van der Waals surface area contributed by atoms with Crippen molar-refractivity contribution in [2.24, 2.45) is 0 Å². The minimum Gasteiger partial charge on any atom is -0.453 e. The van der Waals surface area contributed by atoms with Crippen LogP contribution in [0.5, 0.6) is 0 Å². The molecule has 2 aliphatic rings. The van der Waals surface area contributed by atoms with Gasteiger partial charge in [-0.25, -0.2) is 0 Å². The summed E-state index contributed by atoms with van der Waals surface area (Å²) in [4.78, 5) is 32.2. The van der Waals surface area contributed by atoms with Crippen LogP contribution in [0.1, 0.15) is 73.3 Å². The zero-order valence-electron chi connectivity index (χ0n) is 19.6. The second-order valence-corrected chi connectivity index (χ2v) is 8.92. The van der Waals surface area contributed by atoms with Gasteiger partial charge in [0.05, 0.1) is 0 Å². The number of rotatable bonds is 6. The zero-order valence-corrected chi connectivity index (χ0v) is 19.6. The molecule has 1 aliphatic heterocycles. The Morgan fingerprint density at radius 1 is 1.21 bits per heavy atom. The van der Waals surface area contributed by atoms with Gasteiger partial charge in [-0.15, -0.1) is 0 Å². The average molecular weight is 464 g/mol. The average Bonchev–Trinajstić information content (AvgIpc) is 3.50. The van der Waals surface area contributed by atoms with Crippen LogP contribution in [0.3, 0.4) is 0 Å². The van der Waals surface area contributed by atoms with E-state index in [1.165, 1.54) is 0 Å². The molecule has 0 saturated carbocycles. The van der Waals surface area contributed by atoms with E-state index < -0.39 is 0 Å².